The smallest absolute Gasteiger partial charge is 0.320 e. The Bertz CT molecular complexity index is 739. The summed E-state index contributed by atoms with van der Waals surface area (Å²) in [5.74, 6) is 0.157. The van der Waals surface area contributed by atoms with E-state index in [1.165, 1.54) is 10.9 Å². The zero-order valence-corrected chi connectivity index (χ0v) is 14.7. The van der Waals surface area contributed by atoms with Gasteiger partial charge in [0.2, 0.25) is 0 Å². The second kappa shape index (κ2) is 8.12. The van der Waals surface area contributed by atoms with Crippen molar-refractivity contribution in [3.05, 3.63) is 6.33 Å². The van der Waals surface area contributed by atoms with Crippen LogP contribution in [0.2, 0.25) is 0 Å². The van der Waals surface area contributed by atoms with Crippen molar-refractivity contribution in [1.29, 1.82) is 0 Å². The highest BCUT2D eigenvalue weighted by Crippen LogP contribution is 2.32. The van der Waals surface area contributed by atoms with Crippen molar-refractivity contribution in [2.75, 3.05) is 18.9 Å². The molecular weight excluding hydrogens is 342 g/mol. The average molecular weight is 367 g/mol. The summed E-state index contributed by atoms with van der Waals surface area (Å²) in [6.07, 6.45) is 1.36. The quantitative estimate of drug-likeness (QED) is 0.472. The molecule has 26 heavy (non-hydrogen) atoms. The van der Waals surface area contributed by atoms with Gasteiger partial charge in [0.15, 0.2) is 23.2 Å². The summed E-state index contributed by atoms with van der Waals surface area (Å²) in [5.41, 5.74) is 6.61. The molecule has 0 aromatic carbocycles. The third-order valence-electron chi connectivity index (χ3n) is 4.45. The number of ether oxygens (including phenoxy) is 2. The van der Waals surface area contributed by atoms with Gasteiger partial charge in [-0.25, -0.2) is 4.98 Å². The molecule has 1 aliphatic rings. The van der Waals surface area contributed by atoms with Crippen LogP contribution in [0.5, 0.6) is 6.01 Å². The van der Waals surface area contributed by atoms with E-state index >= 15 is 0 Å². The first kappa shape index (κ1) is 18.8. The normalized spacial score (nSPS) is 25.8. The number of rotatable bonds is 8. The van der Waals surface area contributed by atoms with Crippen LogP contribution in [0.25, 0.3) is 11.2 Å². The Labute approximate surface area is 150 Å². The van der Waals surface area contributed by atoms with Gasteiger partial charge < -0.3 is 30.5 Å². The van der Waals surface area contributed by atoms with Crippen LogP contribution >= 0.6 is 0 Å². The van der Waals surface area contributed by atoms with E-state index in [4.69, 9.17) is 15.2 Å². The van der Waals surface area contributed by atoms with Crippen LogP contribution in [0.4, 0.5) is 5.82 Å². The van der Waals surface area contributed by atoms with E-state index < -0.39 is 31.1 Å². The number of fused-ring (bicyclic) bond motifs is 1. The summed E-state index contributed by atoms with van der Waals surface area (Å²) in [6.45, 7) is 2.20. The minimum Gasteiger partial charge on any atom is -0.463 e. The molecule has 0 spiro atoms. The second-order valence-electron chi connectivity index (χ2n) is 6.35. The van der Waals surface area contributed by atoms with Gasteiger partial charge in [-0.2, -0.15) is 9.97 Å². The molecule has 3 heterocycles. The standard InChI is InChI=1S/C16H25N5O5/c1-2-3-4-5-6-25-16-19-13(17)10-14(20-16)21(8-18-10)15-12(24)11(23)9(7-22)26-15/h8-9,11-12,15,22-24H,2-7H2,1H3,(H2,17,19,20)/t9-,11-,12-,15?/m0/s1. The molecular formula is C16H25N5O5. The second-order valence-corrected chi connectivity index (χ2v) is 6.35. The Hall–Kier alpha value is -2.01. The fourth-order valence-electron chi connectivity index (χ4n) is 2.97. The van der Waals surface area contributed by atoms with Crippen molar-refractivity contribution in [3.8, 4) is 6.01 Å². The molecule has 0 aliphatic carbocycles. The van der Waals surface area contributed by atoms with Gasteiger partial charge in [-0.3, -0.25) is 4.57 Å². The lowest BCUT2D eigenvalue weighted by Gasteiger charge is -2.16. The number of aliphatic hydroxyl groups excluding tert-OH is 3. The monoisotopic (exact) mass is 367 g/mol. The topological polar surface area (TPSA) is 149 Å². The minimum atomic E-state index is -1.24. The van der Waals surface area contributed by atoms with Crippen molar-refractivity contribution in [2.24, 2.45) is 0 Å². The Morgan fingerprint density at radius 1 is 1.23 bits per heavy atom. The lowest BCUT2D eigenvalue weighted by atomic mass is 10.1. The molecule has 0 radical (unpaired) electrons. The number of nitrogen functional groups attached to an aromatic ring is 1. The Balaban J connectivity index is 1.81. The molecule has 3 rings (SSSR count). The number of aromatic nitrogens is 4. The van der Waals surface area contributed by atoms with Crippen molar-refractivity contribution in [2.45, 2.75) is 57.1 Å². The molecule has 4 atom stereocenters. The van der Waals surface area contributed by atoms with Gasteiger partial charge >= 0.3 is 6.01 Å². The Morgan fingerprint density at radius 3 is 2.73 bits per heavy atom. The van der Waals surface area contributed by atoms with E-state index in [1.807, 2.05) is 0 Å². The van der Waals surface area contributed by atoms with Crippen LogP contribution < -0.4 is 10.5 Å². The van der Waals surface area contributed by atoms with E-state index in [0.29, 0.717) is 17.8 Å². The molecule has 2 aromatic heterocycles. The number of hydrogen-bond donors (Lipinski definition) is 4. The third kappa shape index (κ3) is 3.58. The number of hydrogen-bond acceptors (Lipinski definition) is 9. The summed E-state index contributed by atoms with van der Waals surface area (Å²) in [4.78, 5) is 12.6. The van der Waals surface area contributed by atoms with Gasteiger partial charge in [0.05, 0.1) is 19.5 Å². The summed E-state index contributed by atoms with van der Waals surface area (Å²) in [5, 5.41) is 29.4. The average Bonchev–Trinajstić information content (AvgIpc) is 3.17. The molecule has 0 amide bonds. The number of unbranched alkanes of at least 4 members (excludes halogenated alkanes) is 3. The predicted octanol–water partition coefficient (Wildman–Crippen LogP) is -0.0209. The van der Waals surface area contributed by atoms with E-state index in [1.54, 1.807) is 0 Å². The Kier molecular flexibility index (Phi) is 5.87. The lowest BCUT2D eigenvalue weighted by molar-refractivity contribution is -0.0511. The molecule has 10 heteroatoms. The molecule has 2 aromatic rings. The van der Waals surface area contributed by atoms with E-state index in [-0.39, 0.29) is 11.8 Å². The number of nitrogens with two attached hydrogens (primary N) is 1. The van der Waals surface area contributed by atoms with Gasteiger partial charge in [0.1, 0.15) is 18.3 Å². The van der Waals surface area contributed by atoms with Crippen LogP contribution in [0, 0.1) is 0 Å². The van der Waals surface area contributed by atoms with E-state index in [2.05, 4.69) is 21.9 Å². The van der Waals surface area contributed by atoms with Gasteiger partial charge in [-0.15, -0.1) is 0 Å². The number of imidazole rings is 1. The largest absolute Gasteiger partial charge is 0.463 e. The highest BCUT2D eigenvalue weighted by molar-refractivity contribution is 5.82. The van der Waals surface area contributed by atoms with Gasteiger partial charge in [-0.05, 0) is 6.42 Å². The predicted molar refractivity (Wildman–Crippen MR) is 92.4 cm³/mol. The summed E-state index contributed by atoms with van der Waals surface area (Å²) < 4.78 is 12.6. The zero-order valence-electron chi connectivity index (χ0n) is 14.7. The van der Waals surface area contributed by atoms with Crippen LogP contribution in [0.1, 0.15) is 38.8 Å². The lowest BCUT2D eigenvalue weighted by Crippen LogP contribution is -2.33. The van der Waals surface area contributed by atoms with Crippen LogP contribution in [0.3, 0.4) is 0 Å². The fourth-order valence-corrected chi connectivity index (χ4v) is 2.97. The van der Waals surface area contributed by atoms with E-state index in [9.17, 15) is 15.3 Å². The Morgan fingerprint density at radius 2 is 2.04 bits per heavy atom. The molecule has 1 fully saturated rings. The highest BCUT2D eigenvalue weighted by atomic mass is 16.6. The first-order valence-electron chi connectivity index (χ1n) is 8.82. The molecule has 0 bridgehead atoms. The maximum Gasteiger partial charge on any atom is 0.320 e. The van der Waals surface area contributed by atoms with Crippen LogP contribution in [0.15, 0.2) is 6.33 Å². The number of anilines is 1. The zero-order chi connectivity index (χ0) is 18.7. The third-order valence-corrected chi connectivity index (χ3v) is 4.45. The molecule has 144 valence electrons. The van der Waals surface area contributed by atoms with Crippen molar-refractivity contribution >= 4 is 17.0 Å². The van der Waals surface area contributed by atoms with Crippen molar-refractivity contribution in [1.82, 2.24) is 19.5 Å². The van der Waals surface area contributed by atoms with Crippen LogP contribution in [-0.4, -0.2) is 66.4 Å². The van der Waals surface area contributed by atoms with Crippen molar-refractivity contribution in [3.63, 3.8) is 0 Å². The minimum absolute atomic E-state index is 0.125. The van der Waals surface area contributed by atoms with Gasteiger partial charge in [-0.1, -0.05) is 26.2 Å². The summed E-state index contributed by atoms with van der Waals surface area (Å²) in [7, 11) is 0. The van der Waals surface area contributed by atoms with Gasteiger partial charge in [0.25, 0.3) is 0 Å². The van der Waals surface area contributed by atoms with Crippen molar-refractivity contribution < 1.29 is 24.8 Å². The maximum absolute atomic E-state index is 10.2. The summed E-state index contributed by atoms with van der Waals surface area (Å²) in [6, 6.07) is 0.125. The molecule has 1 aliphatic heterocycles. The number of nitrogens with zero attached hydrogens (tertiary/aromatic N) is 4. The highest BCUT2D eigenvalue weighted by Gasteiger charge is 2.44. The first-order valence-corrected chi connectivity index (χ1v) is 8.82. The first-order chi connectivity index (χ1) is 12.6. The number of aliphatic hydroxyl groups is 3. The molecule has 1 unspecified atom stereocenters. The van der Waals surface area contributed by atoms with Gasteiger partial charge in [0, 0.05) is 0 Å². The maximum atomic E-state index is 10.2. The summed E-state index contributed by atoms with van der Waals surface area (Å²) >= 11 is 0. The molecule has 10 nitrogen and oxygen atoms in total. The molecule has 1 saturated heterocycles. The molecule has 0 saturated carbocycles. The van der Waals surface area contributed by atoms with E-state index in [0.717, 1.165) is 25.7 Å². The SMILES string of the molecule is CCCCCCOc1nc(N)c2ncn(C3O[C@@H](CO)[C@H](O)[C@@H]3O)c2n1. The molecule has 5 N–H and O–H groups in total. The van der Waals surface area contributed by atoms with Crippen LogP contribution in [-0.2, 0) is 4.74 Å². The fraction of sp³-hybridized carbons (Fsp3) is 0.688.